The van der Waals surface area contributed by atoms with Crippen LogP contribution < -0.4 is 9.46 Å². The van der Waals surface area contributed by atoms with Crippen LogP contribution in [0.5, 0.6) is 5.88 Å². The number of aromatic nitrogens is 4. The second-order valence-electron chi connectivity index (χ2n) is 5.78. The van der Waals surface area contributed by atoms with Crippen molar-refractivity contribution in [1.82, 2.24) is 24.5 Å². The molecule has 4 rings (SSSR count). The van der Waals surface area contributed by atoms with Gasteiger partial charge in [0.15, 0.2) is 11.5 Å². The fourth-order valence-corrected chi connectivity index (χ4v) is 5.01. The van der Waals surface area contributed by atoms with Gasteiger partial charge in [-0.15, -0.1) is 26.6 Å². The highest BCUT2D eigenvalue weighted by Crippen LogP contribution is 2.25. The Bertz CT molecular complexity index is 1260. The number of ether oxygens (including phenoxy) is 1. The third kappa shape index (κ3) is 4.37. The molecule has 0 spiro atoms. The molecule has 0 saturated heterocycles. The van der Waals surface area contributed by atoms with Crippen molar-refractivity contribution >= 4 is 38.6 Å². The number of halogens is 2. The van der Waals surface area contributed by atoms with Crippen LogP contribution in [0.15, 0.2) is 52.7 Å². The van der Waals surface area contributed by atoms with Crippen LogP contribution >= 0.6 is 22.9 Å². The van der Waals surface area contributed by atoms with Crippen molar-refractivity contribution in [2.75, 3.05) is 13.2 Å². The number of rotatable bonds is 7. The van der Waals surface area contributed by atoms with Gasteiger partial charge in [-0.25, -0.2) is 17.5 Å². The summed E-state index contributed by atoms with van der Waals surface area (Å²) in [6.07, 6.45) is 0. The molecule has 150 valence electrons. The van der Waals surface area contributed by atoms with Crippen LogP contribution in [-0.4, -0.2) is 41.4 Å². The highest BCUT2D eigenvalue weighted by molar-refractivity contribution is 7.91. The monoisotopic (exact) mass is 453 g/mol. The van der Waals surface area contributed by atoms with Crippen molar-refractivity contribution < 1.29 is 17.5 Å². The zero-order valence-corrected chi connectivity index (χ0v) is 17.0. The molecular weight excluding hydrogens is 441 g/mol. The van der Waals surface area contributed by atoms with E-state index in [0.717, 1.165) is 11.3 Å². The smallest absolute Gasteiger partial charge is 0.250 e. The van der Waals surface area contributed by atoms with E-state index in [1.807, 2.05) is 0 Å². The van der Waals surface area contributed by atoms with Crippen molar-refractivity contribution in [3.05, 3.63) is 58.7 Å². The summed E-state index contributed by atoms with van der Waals surface area (Å²) in [6.45, 7) is 0.107. The number of nitrogens with one attached hydrogen (secondary N) is 1. The molecule has 0 amide bonds. The molecule has 0 bridgehead atoms. The van der Waals surface area contributed by atoms with Gasteiger partial charge in [0.2, 0.25) is 15.9 Å². The minimum Gasteiger partial charge on any atom is -0.475 e. The first-order valence-corrected chi connectivity index (χ1v) is 11.0. The maximum Gasteiger partial charge on any atom is 0.250 e. The van der Waals surface area contributed by atoms with Gasteiger partial charge < -0.3 is 4.74 Å². The van der Waals surface area contributed by atoms with Gasteiger partial charge in [0.05, 0.1) is 4.34 Å². The molecule has 0 saturated carbocycles. The van der Waals surface area contributed by atoms with Crippen LogP contribution in [0.4, 0.5) is 4.39 Å². The molecule has 1 N–H and O–H groups in total. The number of thiophene rings is 1. The summed E-state index contributed by atoms with van der Waals surface area (Å²) >= 11 is 6.75. The second kappa shape index (κ2) is 8.03. The molecule has 3 heterocycles. The van der Waals surface area contributed by atoms with Crippen molar-refractivity contribution in [3.63, 3.8) is 0 Å². The lowest BCUT2D eigenvalue weighted by atomic mass is 10.2. The Labute approximate surface area is 174 Å². The molecule has 0 aliphatic carbocycles. The molecule has 0 radical (unpaired) electrons. The molecule has 4 aromatic rings. The topological polar surface area (TPSA) is 98.5 Å². The zero-order valence-electron chi connectivity index (χ0n) is 14.6. The highest BCUT2D eigenvalue weighted by atomic mass is 35.5. The number of sulfonamides is 1. The van der Waals surface area contributed by atoms with E-state index in [1.165, 1.54) is 28.8 Å². The summed E-state index contributed by atoms with van der Waals surface area (Å²) in [6, 6.07) is 12.0. The summed E-state index contributed by atoms with van der Waals surface area (Å²) in [4.78, 5) is 0. The lowest BCUT2D eigenvalue weighted by molar-refractivity contribution is 0.306. The lowest BCUT2D eigenvalue weighted by Gasteiger charge is -2.07. The molecule has 1 aromatic carbocycles. The molecule has 0 aliphatic heterocycles. The number of hydrogen-bond acceptors (Lipinski definition) is 7. The van der Waals surface area contributed by atoms with Crippen LogP contribution in [-0.2, 0) is 10.0 Å². The van der Waals surface area contributed by atoms with Crippen molar-refractivity contribution in [2.24, 2.45) is 0 Å². The van der Waals surface area contributed by atoms with Gasteiger partial charge in [-0.3, -0.25) is 0 Å². The predicted molar refractivity (Wildman–Crippen MR) is 106 cm³/mol. The standard InChI is InChI=1S/C17H13ClFN5O3S2/c18-13-5-8-16(28-13)29(25,26)20-9-10-27-15-7-6-14-21-22-17(24(14)23-15)11-1-3-12(19)4-2-11/h1-8,20H,9-10H2. The Kier molecular flexibility index (Phi) is 5.46. The van der Waals surface area contributed by atoms with Crippen LogP contribution in [0.2, 0.25) is 4.34 Å². The largest absolute Gasteiger partial charge is 0.475 e. The summed E-state index contributed by atoms with van der Waals surface area (Å²) < 4.78 is 47.4. The van der Waals surface area contributed by atoms with Gasteiger partial charge in [0.1, 0.15) is 16.6 Å². The Morgan fingerprint density at radius 3 is 2.62 bits per heavy atom. The Hall–Kier alpha value is -2.60. The van der Waals surface area contributed by atoms with Crippen LogP contribution in [0, 0.1) is 5.82 Å². The van der Waals surface area contributed by atoms with Gasteiger partial charge >= 0.3 is 0 Å². The van der Waals surface area contributed by atoms with E-state index in [4.69, 9.17) is 16.3 Å². The first kappa shape index (κ1) is 19.7. The molecule has 3 aromatic heterocycles. The van der Waals surface area contributed by atoms with Crippen LogP contribution in [0.25, 0.3) is 17.0 Å². The fraction of sp³-hybridized carbons (Fsp3) is 0.118. The second-order valence-corrected chi connectivity index (χ2v) is 9.49. The maximum absolute atomic E-state index is 13.1. The summed E-state index contributed by atoms with van der Waals surface area (Å²) in [7, 11) is -3.64. The van der Waals surface area contributed by atoms with Gasteiger partial charge in [0, 0.05) is 18.2 Å². The van der Waals surface area contributed by atoms with Crippen molar-refractivity contribution in [1.29, 1.82) is 0 Å². The van der Waals surface area contributed by atoms with Gasteiger partial charge in [-0.2, -0.15) is 4.52 Å². The Balaban J connectivity index is 1.43. The number of nitrogens with zero attached hydrogens (tertiary/aromatic N) is 4. The summed E-state index contributed by atoms with van der Waals surface area (Å²) in [5.41, 5.74) is 1.14. The Morgan fingerprint density at radius 2 is 1.90 bits per heavy atom. The molecule has 0 unspecified atom stereocenters. The first-order valence-electron chi connectivity index (χ1n) is 8.28. The van der Waals surface area contributed by atoms with E-state index in [1.54, 1.807) is 24.3 Å². The summed E-state index contributed by atoms with van der Waals surface area (Å²) in [5, 5.41) is 12.4. The quantitative estimate of drug-likeness (QED) is 0.432. The zero-order chi connectivity index (χ0) is 20.4. The fourth-order valence-electron chi connectivity index (χ4n) is 2.47. The van der Waals surface area contributed by atoms with E-state index in [0.29, 0.717) is 21.4 Å². The highest BCUT2D eigenvalue weighted by Gasteiger charge is 2.16. The average Bonchev–Trinajstić information content (AvgIpc) is 3.32. The molecule has 8 nitrogen and oxygen atoms in total. The Morgan fingerprint density at radius 1 is 1.10 bits per heavy atom. The third-order valence-electron chi connectivity index (χ3n) is 3.80. The van der Waals surface area contributed by atoms with Gasteiger partial charge in [-0.05, 0) is 42.5 Å². The first-order chi connectivity index (χ1) is 13.9. The molecular formula is C17H13ClFN5O3S2. The number of hydrogen-bond donors (Lipinski definition) is 1. The van der Waals surface area contributed by atoms with E-state index < -0.39 is 10.0 Å². The molecule has 12 heteroatoms. The van der Waals surface area contributed by atoms with E-state index in [2.05, 4.69) is 20.0 Å². The predicted octanol–water partition coefficient (Wildman–Crippen LogP) is 3.00. The third-order valence-corrected chi connectivity index (χ3v) is 6.98. The van der Waals surface area contributed by atoms with Crippen molar-refractivity contribution in [2.45, 2.75) is 4.21 Å². The van der Waals surface area contributed by atoms with E-state index in [9.17, 15) is 12.8 Å². The SMILES string of the molecule is O=S(=O)(NCCOc1ccc2nnc(-c3ccc(F)cc3)n2n1)c1ccc(Cl)s1. The van der Waals surface area contributed by atoms with Crippen molar-refractivity contribution in [3.8, 4) is 17.3 Å². The van der Waals surface area contributed by atoms with Gasteiger partial charge in [-0.1, -0.05) is 11.6 Å². The molecule has 0 aliphatic rings. The van der Waals surface area contributed by atoms with Crippen LogP contribution in [0.1, 0.15) is 0 Å². The van der Waals surface area contributed by atoms with E-state index >= 15 is 0 Å². The maximum atomic E-state index is 13.1. The number of benzene rings is 1. The minimum atomic E-state index is -3.64. The normalized spacial score (nSPS) is 11.8. The summed E-state index contributed by atoms with van der Waals surface area (Å²) in [5.74, 6) is 0.339. The molecule has 0 atom stereocenters. The molecule has 29 heavy (non-hydrogen) atoms. The van der Waals surface area contributed by atoms with Gasteiger partial charge in [0.25, 0.3) is 0 Å². The lowest BCUT2D eigenvalue weighted by Crippen LogP contribution is -2.27. The minimum absolute atomic E-state index is 0.0462. The van der Waals surface area contributed by atoms with E-state index in [-0.39, 0.29) is 29.1 Å². The molecule has 0 fully saturated rings. The van der Waals surface area contributed by atoms with Crippen LogP contribution in [0.3, 0.4) is 0 Å². The number of fused-ring (bicyclic) bond motifs is 1. The average molecular weight is 454 g/mol.